The van der Waals surface area contributed by atoms with Gasteiger partial charge in [0.1, 0.15) is 0 Å². The van der Waals surface area contributed by atoms with Crippen molar-refractivity contribution >= 4 is 29.3 Å². The van der Waals surface area contributed by atoms with Gasteiger partial charge in [0.15, 0.2) is 0 Å². The number of carbonyl (C=O) groups is 1. The lowest BCUT2D eigenvalue weighted by molar-refractivity contribution is -0.118. The van der Waals surface area contributed by atoms with E-state index in [1.165, 1.54) is 0 Å². The fraction of sp³-hybridized carbons (Fsp3) is 0.154. The van der Waals surface area contributed by atoms with Gasteiger partial charge in [-0.05, 0) is 24.3 Å². The SMILES string of the molecule is C#CCNC(=O)CSc1nnc(-c2ccc(Cl)cc2)o1. The quantitative estimate of drug-likeness (QED) is 0.677. The van der Waals surface area contributed by atoms with E-state index in [0.717, 1.165) is 17.3 Å². The molecule has 1 aromatic heterocycles. The average Bonchev–Trinajstić information content (AvgIpc) is 2.92. The molecule has 2 aromatic rings. The summed E-state index contributed by atoms with van der Waals surface area (Å²) in [5.41, 5.74) is 0.769. The molecule has 1 aromatic carbocycles. The first-order chi connectivity index (χ1) is 9.69. The first-order valence-corrected chi connectivity index (χ1v) is 6.98. The third kappa shape index (κ3) is 4.02. The zero-order chi connectivity index (χ0) is 14.4. The van der Waals surface area contributed by atoms with Crippen LogP contribution in [-0.2, 0) is 4.79 Å². The maximum atomic E-state index is 11.4. The molecule has 0 spiro atoms. The van der Waals surface area contributed by atoms with Gasteiger partial charge in [0.2, 0.25) is 11.8 Å². The number of hydrogen-bond acceptors (Lipinski definition) is 5. The molecule has 1 heterocycles. The van der Waals surface area contributed by atoms with Crippen molar-refractivity contribution in [3.8, 4) is 23.8 Å². The van der Waals surface area contributed by atoms with E-state index in [1.807, 2.05) is 0 Å². The number of halogens is 1. The predicted molar refractivity (Wildman–Crippen MR) is 77.3 cm³/mol. The molecule has 0 aliphatic heterocycles. The molecule has 0 unspecified atom stereocenters. The van der Waals surface area contributed by atoms with Crippen LogP contribution in [0.5, 0.6) is 0 Å². The van der Waals surface area contributed by atoms with E-state index in [9.17, 15) is 4.79 Å². The largest absolute Gasteiger partial charge is 0.411 e. The van der Waals surface area contributed by atoms with Crippen LogP contribution >= 0.6 is 23.4 Å². The molecule has 0 bridgehead atoms. The molecule has 0 fully saturated rings. The van der Waals surface area contributed by atoms with Crippen LogP contribution in [0.25, 0.3) is 11.5 Å². The summed E-state index contributed by atoms with van der Waals surface area (Å²) < 4.78 is 5.44. The first-order valence-electron chi connectivity index (χ1n) is 5.61. The van der Waals surface area contributed by atoms with Crippen LogP contribution in [0, 0.1) is 12.3 Å². The van der Waals surface area contributed by atoms with Crippen LogP contribution in [0.2, 0.25) is 5.02 Å². The van der Waals surface area contributed by atoms with Crippen molar-refractivity contribution < 1.29 is 9.21 Å². The zero-order valence-electron chi connectivity index (χ0n) is 10.3. The van der Waals surface area contributed by atoms with Crippen LogP contribution in [0.3, 0.4) is 0 Å². The summed E-state index contributed by atoms with van der Waals surface area (Å²) >= 11 is 6.95. The van der Waals surface area contributed by atoms with Crippen LogP contribution in [0.1, 0.15) is 0 Å². The minimum Gasteiger partial charge on any atom is -0.411 e. The second kappa shape index (κ2) is 6.98. The maximum absolute atomic E-state index is 11.4. The number of aromatic nitrogens is 2. The number of thioether (sulfide) groups is 1. The normalized spacial score (nSPS) is 10.0. The van der Waals surface area contributed by atoms with Crippen molar-refractivity contribution in [1.82, 2.24) is 15.5 Å². The number of rotatable bonds is 5. The predicted octanol–water partition coefficient (Wildman–Crippen LogP) is 2.23. The summed E-state index contributed by atoms with van der Waals surface area (Å²) in [6, 6.07) is 7.04. The Balaban J connectivity index is 1.94. The van der Waals surface area contributed by atoms with E-state index in [-0.39, 0.29) is 18.2 Å². The van der Waals surface area contributed by atoms with E-state index in [0.29, 0.717) is 16.1 Å². The summed E-state index contributed by atoms with van der Waals surface area (Å²) in [5, 5.41) is 11.3. The fourth-order valence-corrected chi connectivity index (χ4v) is 2.02. The van der Waals surface area contributed by atoms with Crippen LogP contribution in [0.15, 0.2) is 33.9 Å². The summed E-state index contributed by atoms with van der Waals surface area (Å²) in [5.74, 6) is 2.70. The number of carbonyl (C=O) groups excluding carboxylic acids is 1. The molecule has 0 aliphatic carbocycles. The highest BCUT2D eigenvalue weighted by molar-refractivity contribution is 7.99. The maximum Gasteiger partial charge on any atom is 0.277 e. The molecule has 0 saturated heterocycles. The van der Waals surface area contributed by atoms with Crippen molar-refractivity contribution in [2.45, 2.75) is 5.22 Å². The molecular formula is C13H10ClN3O2S. The molecule has 1 amide bonds. The average molecular weight is 308 g/mol. The van der Waals surface area contributed by atoms with Crippen molar-refractivity contribution in [3.63, 3.8) is 0 Å². The molecule has 0 atom stereocenters. The minimum absolute atomic E-state index is 0.171. The van der Waals surface area contributed by atoms with Gasteiger partial charge in [0.25, 0.3) is 5.22 Å². The highest BCUT2D eigenvalue weighted by Crippen LogP contribution is 2.24. The lowest BCUT2D eigenvalue weighted by atomic mass is 10.2. The second-order valence-corrected chi connectivity index (χ2v) is 5.01. The molecular weight excluding hydrogens is 298 g/mol. The molecule has 0 radical (unpaired) electrons. The van der Waals surface area contributed by atoms with Gasteiger partial charge in [-0.15, -0.1) is 16.6 Å². The number of benzene rings is 1. The monoisotopic (exact) mass is 307 g/mol. The zero-order valence-corrected chi connectivity index (χ0v) is 11.9. The molecule has 20 heavy (non-hydrogen) atoms. The molecule has 5 nitrogen and oxygen atoms in total. The third-order valence-electron chi connectivity index (χ3n) is 2.21. The summed E-state index contributed by atoms with van der Waals surface area (Å²) in [7, 11) is 0. The van der Waals surface area contributed by atoms with Crippen molar-refractivity contribution in [2.75, 3.05) is 12.3 Å². The minimum atomic E-state index is -0.181. The molecule has 0 saturated carbocycles. The van der Waals surface area contributed by atoms with Gasteiger partial charge in [0.05, 0.1) is 12.3 Å². The number of hydrogen-bond donors (Lipinski definition) is 1. The molecule has 102 valence electrons. The Labute approximate surface area is 125 Å². The summed E-state index contributed by atoms with van der Waals surface area (Å²) in [6.45, 7) is 0.208. The van der Waals surface area contributed by atoms with E-state index in [1.54, 1.807) is 24.3 Å². The Hall–Kier alpha value is -1.97. The van der Waals surface area contributed by atoms with E-state index < -0.39 is 0 Å². The lowest BCUT2D eigenvalue weighted by Crippen LogP contribution is -2.25. The number of terminal acetylenes is 1. The summed E-state index contributed by atoms with van der Waals surface area (Å²) in [6.07, 6.45) is 5.04. The Bertz CT molecular complexity index is 634. The van der Waals surface area contributed by atoms with Gasteiger partial charge in [-0.1, -0.05) is 29.3 Å². The van der Waals surface area contributed by atoms with Crippen molar-refractivity contribution in [1.29, 1.82) is 0 Å². The van der Waals surface area contributed by atoms with Crippen LogP contribution < -0.4 is 5.32 Å². The third-order valence-corrected chi connectivity index (χ3v) is 3.28. The van der Waals surface area contributed by atoms with Gasteiger partial charge in [-0.3, -0.25) is 4.79 Å². The molecule has 0 aliphatic rings. The Kier molecular flexibility index (Phi) is 5.04. The van der Waals surface area contributed by atoms with Gasteiger partial charge >= 0.3 is 0 Å². The topological polar surface area (TPSA) is 68.0 Å². The van der Waals surface area contributed by atoms with E-state index >= 15 is 0 Å². The smallest absolute Gasteiger partial charge is 0.277 e. The number of nitrogens with one attached hydrogen (secondary N) is 1. The standard InChI is InChI=1S/C13H10ClN3O2S/c1-2-7-15-11(18)8-20-13-17-16-12(19-13)9-3-5-10(14)6-4-9/h1,3-6H,7-8H2,(H,15,18). The first kappa shape index (κ1) is 14.4. The van der Waals surface area contributed by atoms with Gasteiger partial charge in [-0.25, -0.2) is 0 Å². The van der Waals surface area contributed by atoms with E-state index in [2.05, 4.69) is 21.4 Å². The lowest BCUT2D eigenvalue weighted by Gasteiger charge is -1.98. The number of amides is 1. The highest BCUT2D eigenvalue weighted by Gasteiger charge is 2.10. The van der Waals surface area contributed by atoms with Crippen molar-refractivity contribution in [2.24, 2.45) is 0 Å². The van der Waals surface area contributed by atoms with Gasteiger partial charge in [0, 0.05) is 10.6 Å². The van der Waals surface area contributed by atoms with Gasteiger partial charge < -0.3 is 9.73 Å². The van der Waals surface area contributed by atoms with E-state index in [4.69, 9.17) is 22.4 Å². The molecule has 2 rings (SSSR count). The molecule has 7 heteroatoms. The Morgan fingerprint density at radius 3 is 2.85 bits per heavy atom. The Morgan fingerprint density at radius 2 is 2.15 bits per heavy atom. The summed E-state index contributed by atoms with van der Waals surface area (Å²) in [4.78, 5) is 11.4. The fourth-order valence-electron chi connectivity index (χ4n) is 1.31. The van der Waals surface area contributed by atoms with Crippen molar-refractivity contribution in [3.05, 3.63) is 29.3 Å². The Morgan fingerprint density at radius 1 is 1.40 bits per heavy atom. The highest BCUT2D eigenvalue weighted by atomic mass is 35.5. The molecule has 1 N–H and O–H groups in total. The van der Waals surface area contributed by atoms with Crippen LogP contribution in [0.4, 0.5) is 0 Å². The number of nitrogens with zero attached hydrogens (tertiary/aromatic N) is 2. The van der Waals surface area contributed by atoms with Crippen LogP contribution in [-0.4, -0.2) is 28.4 Å². The second-order valence-electron chi connectivity index (χ2n) is 3.65. The van der Waals surface area contributed by atoms with Gasteiger partial charge in [-0.2, -0.15) is 0 Å².